The minimum atomic E-state index is -0.890. The van der Waals surface area contributed by atoms with Crippen LogP contribution in [-0.2, 0) is 11.3 Å². The molecule has 0 heterocycles. The molecular weight excluding hydrogens is 376 g/mol. The predicted octanol–water partition coefficient (Wildman–Crippen LogP) is 4.91. The highest BCUT2D eigenvalue weighted by molar-refractivity contribution is 6.43. The Morgan fingerprint density at radius 3 is 2.55 bits per heavy atom. The number of halogens is 2. The van der Waals surface area contributed by atoms with Crippen LogP contribution in [-0.4, -0.2) is 23.9 Å². The van der Waals surface area contributed by atoms with E-state index in [1.165, 1.54) is 25.1 Å². The van der Waals surface area contributed by atoms with Crippen molar-refractivity contribution in [1.82, 2.24) is 0 Å². The minimum absolute atomic E-state index is 0.0481. The third-order valence-corrected chi connectivity index (χ3v) is 4.73. The first-order valence-electron chi connectivity index (χ1n) is 9.60. The zero-order valence-corrected chi connectivity index (χ0v) is 16.0. The fraction of sp³-hybridized carbons (Fsp3) is 0.318. The molecule has 3 rings (SSSR count). The summed E-state index contributed by atoms with van der Waals surface area (Å²) in [5.74, 6) is -1.85. The fourth-order valence-corrected chi connectivity index (χ4v) is 3.15. The van der Waals surface area contributed by atoms with Crippen molar-refractivity contribution < 1.29 is 18.3 Å². The average Bonchev–Trinajstić information content (AvgIpc) is 3.22. The highest BCUT2D eigenvalue weighted by Crippen LogP contribution is 2.27. The highest BCUT2D eigenvalue weighted by atomic mass is 19.1. The summed E-state index contributed by atoms with van der Waals surface area (Å²) in [6, 6.07) is 10.9. The quantitative estimate of drug-likeness (QED) is 0.619. The number of nitrogens with one attached hydrogen (secondary N) is 2. The van der Waals surface area contributed by atoms with Gasteiger partial charge in [0.05, 0.1) is 12.6 Å². The molecule has 0 radical (unpaired) electrons. The van der Waals surface area contributed by atoms with Crippen LogP contribution in [0.1, 0.15) is 37.7 Å². The minimum Gasteiger partial charge on any atom is -0.490 e. The van der Waals surface area contributed by atoms with Crippen molar-refractivity contribution in [2.24, 2.45) is 4.99 Å². The highest BCUT2D eigenvalue weighted by Gasteiger charge is 2.18. The van der Waals surface area contributed by atoms with Gasteiger partial charge in [-0.2, -0.15) is 0 Å². The number of amides is 1. The molecule has 152 valence electrons. The molecule has 1 amide bonds. The van der Waals surface area contributed by atoms with E-state index in [9.17, 15) is 13.6 Å². The Bertz CT molecular complexity index is 888. The van der Waals surface area contributed by atoms with Crippen molar-refractivity contribution in [2.75, 3.05) is 5.32 Å². The van der Waals surface area contributed by atoms with Crippen LogP contribution < -0.4 is 10.1 Å². The molecule has 1 aliphatic rings. The van der Waals surface area contributed by atoms with E-state index in [4.69, 9.17) is 10.1 Å². The third-order valence-electron chi connectivity index (χ3n) is 4.73. The topological polar surface area (TPSA) is 74.5 Å². The van der Waals surface area contributed by atoms with Crippen LogP contribution in [0.5, 0.6) is 5.75 Å². The van der Waals surface area contributed by atoms with Crippen molar-refractivity contribution >= 4 is 23.5 Å². The summed E-state index contributed by atoms with van der Waals surface area (Å²) in [6.45, 7) is 0.361. The van der Waals surface area contributed by atoms with Gasteiger partial charge in [0.1, 0.15) is 28.8 Å². The van der Waals surface area contributed by atoms with Crippen molar-refractivity contribution in [3.05, 3.63) is 59.7 Å². The third kappa shape index (κ3) is 5.70. The molecule has 5 nitrogen and oxygen atoms in total. The summed E-state index contributed by atoms with van der Waals surface area (Å²) in [5, 5.41) is 9.88. The van der Waals surface area contributed by atoms with Gasteiger partial charge in [-0.3, -0.25) is 15.2 Å². The molecule has 2 aromatic carbocycles. The number of rotatable bonds is 8. The van der Waals surface area contributed by atoms with E-state index in [-0.39, 0.29) is 18.2 Å². The van der Waals surface area contributed by atoms with Gasteiger partial charge in [-0.15, -0.1) is 0 Å². The molecule has 29 heavy (non-hydrogen) atoms. The number of aliphatic imine (C=N–C) groups is 1. The van der Waals surface area contributed by atoms with Gasteiger partial charge < -0.3 is 10.1 Å². The first-order valence-corrected chi connectivity index (χ1v) is 9.60. The molecule has 1 aliphatic carbocycles. The zero-order valence-electron chi connectivity index (χ0n) is 16.0. The molecule has 2 aromatic rings. The molecule has 0 bridgehead atoms. The van der Waals surface area contributed by atoms with Gasteiger partial charge in [-0.25, -0.2) is 8.78 Å². The summed E-state index contributed by atoms with van der Waals surface area (Å²) in [6.07, 6.45) is 6.15. The number of carbonyl (C=O) groups is 1. The summed E-state index contributed by atoms with van der Waals surface area (Å²) < 4.78 is 33.2. The molecule has 0 unspecified atom stereocenters. The lowest BCUT2D eigenvalue weighted by Crippen LogP contribution is -2.23. The SMILES string of the molecule is N=C(CC=NCc1ccccc1OC1CCCC1)C(=O)Nc1c(F)cccc1F. The second-order valence-electron chi connectivity index (χ2n) is 6.89. The second kappa shape index (κ2) is 9.91. The van der Waals surface area contributed by atoms with Crippen LogP contribution in [0.25, 0.3) is 0 Å². The van der Waals surface area contributed by atoms with Crippen LogP contribution in [0.2, 0.25) is 0 Å². The fourth-order valence-electron chi connectivity index (χ4n) is 3.15. The molecular formula is C22H23F2N3O2. The number of ether oxygens (including phenoxy) is 1. The van der Waals surface area contributed by atoms with Gasteiger partial charge in [-0.1, -0.05) is 24.3 Å². The summed E-state index contributed by atoms with van der Waals surface area (Å²) in [5.41, 5.74) is 0.0316. The molecule has 0 saturated heterocycles. The Labute approximate surface area is 168 Å². The number of nitrogens with zero attached hydrogens (tertiary/aromatic N) is 1. The summed E-state index contributed by atoms with van der Waals surface area (Å²) >= 11 is 0. The first-order chi connectivity index (χ1) is 14.0. The van der Waals surface area contributed by atoms with Crippen LogP contribution in [0.15, 0.2) is 47.5 Å². The van der Waals surface area contributed by atoms with Gasteiger partial charge in [0.2, 0.25) is 0 Å². The van der Waals surface area contributed by atoms with E-state index in [1.54, 1.807) is 0 Å². The van der Waals surface area contributed by atoms with Crippen molar-refractivity contribution in [3.8, 4) is 5.75 Å². The summed E-state index contributed by atoms with van der Waals surface area (Å²) in [7, 11) is 0. The van der Waals surface area contributed by atoms with E-state index in [0.29, 0.717) is 6.54 Å². The maximum atomic E-state index is 13.6. The lowest BCUT2D eigenvalue weighted by Gasteiger charge is -2.15. The maximum absolute atomic E-state index is 13.6. The predicted molar refractivity (Wildman–Crippen MR) is 109 cm³/mol. The number of para-hydroxylation sites is 2. The Hall–Kier alpha value is -3.09. The van der Waals surface area contributed by atoms with Gasteiger partial charge in [-0.05, 0) is 43.9 Å². The normalized spacial score (nSPS) is 14.3. The van der Waals surface area contributed by atoms with Crippen LogP contribution in [0.3, 0.4) is 0 Å². The number of benzene rings is 2. The molecule has 7 heteroatoms. The lowest BCUT2D eigenvalue weighted by atomic mass is 10.2. The monoisotopic (exact) mass is 399 g/mol. The van der Waals surface area contributed by atoms with Crippen molar-refractivity contribution in [1.29, 1.82) is 5.41 Å². The average molecular weight is 399 g/mol. The van der Waals surface area contributed by atoms with E-state index < -0.39 is 23.2 Å². The number of anilines is 1. The lowest BCUT2D eigenvalue weighted by molar-refractivity contribution is -0.110. The molecule has 1 fully saturated rings. The van der Waals surface area contributed by atoms with E-state index in [1.807, 2.05) is 24.3 Å². The van der Waals surface area contributed by atoms with Gasteiger partial charge in [0, 0.05) is 18.2 Å². The number of hydrogen-bond donors (Lipinski definition) is 2. The largest absolute Gasteiger partial charge is 0.490 e. The molecule has 0 aliphatic heterocycles. The van der Waals surface area contributed by atoms with Crippen molar-refractivity contribution in [2.45, 2.75) is 44.8 Å². The van der Waals surface area contributed by atoms with Crippen LogP contribution in [0, 0.1) is 17.0 Å². The number of hydrogen-bond acceptors (Lipinski definition) is 4. The van der Waals surface area contributed by atoms with E-state index in [2.05, 4.69) is 10.3 Å². The Balaban J connectivity index is 1.52. The second-order valence-corrected chi connectivity index (χ2v) is 6.89. The molecule has 2 N–H and O–H groups in total. The van der Waals surface area contributed by atoms with Gasteiger partial charge in [0.25, 0.3) is 5.91 Å². The Morgan fingerprint density at radius 1 is 1.14 bits per heavy atom. The molecule has 1 saturated carbocycles. The Kier molecular flexibility index (Phi) is 7.05. The maximum Gasteiger partial charge on any atom is 0.269 e. The standard InChI is InChI=1S/C22H23F2N3O2/c23-17-9-5-10-18(24)21(17)27-22(28)19(25)12-13-26-14-15-6-1-4-11-20(15)29-16-7-2-3-8-16/h1,4-6,9-11,13,16,25H,2-3,7-8,12,14H2,(H,27,28). The van der Waals surface area contributed by atoms with Crippen LogP contribution >= 0.6 is 0 Å². The van der Waals surface area contributed by atoms with E-state index >= 15 is 0 Å². The van der Waals surface area contributed by atoms with Gasteiger partial charge >= 0.3 is 0 Å². The zero-order chi connectivity index (χ0) is 20.6. The molecule has 0 atom stereocenters. The van der Waals surface area contributed by atoms with Crippen LogP contribution in [0.4, 0.5) is 14.5 Å². The first kappa shape index (κ1) is 20.6. The molecule has 0 aromatic heterocycles. The number of carbonyl (C=O) groups excluding carboxylic acids is 1. The van der Waals surface area contributed by atoms with Gasteiger partial charge in [0.15, 0.2) is 0 Å². The smallest absolute Gasteiger partial charge is 0.269 e. The summed E-state index contributed by atoms with van der Waals surface area (Å²) in [4.78, 5) is 16.2. The Morgan fingerprint density at radius 2 is 1.83 bits per heavy atom. The molecule has 0 spiro atoms. The van der Waals surface area contributed by atoms with Crippen molar-refractivity contribution in [3.63, 3.8) is 0 Å². The van der Waals surface area contributed by atoms with E-state index in [0.717, 1.165) is 36.3 Å².